The first-order valence-electron chi connectivity index (χ1n) is 10.4. The smallest absolute Gasteiger partial charge is 0.255 e. The number of nitrogens with one attached hydrogen (secondary N) is 1. The predicted octanol–water partition coefficient (Wildman–Crippen LogP) is 3.91. The van der Waals surface area contributed by atoms with Crippen molar-refractivity contribution < 1.29 is 9.59 Å². The van der Waals surface area contributed by atoms with Crippen LogP contribution in [-0.2, 0) is 4.79 Å². The average Bonchev–Trinajstić information content (AvgIpc) is 3.49. The van der Waals surface area contributed by atoms with Gasteiger partial charge in [-0.3, -0.25) is 19.5 Å². The molecule has 0 saturated heterocycles. The van der Waals surface area contributed by atoms with Gasteiger partial charge in [-0.15, -0.1) is 0 Å². The van der Waals surface area contributed by atoms with Gasteiger partial charge >= 0.3 is 0 Å². The van der Waals surface area contributed by atoms with E-state index in [2.05, 4.69) is 28.0 Å². The number of H-pyrrole nitrogens is 1. The van der Waals surface area contributed by atoms with E-state index in [0.29, 0.717) is 29.5 Å². The molecule has 0 bridgehead atoms. The van der Waals surface area contributed by atoms with Gasteiger partial charge in [0.1, 0.15) is 11.5 Å². The Balaban J connectivity index is 1.49. The lowest BCUT2D eigenvalue weighted by atomic mass is 9.89. The fourth-order valence-corrected chi connectivity index (χ4v) is 4.45. The summed E-state index contributed by atoms with van der Waals surface area (Å²) in [7, 11) is 0. The number of hydrogen-bond acceptors (Lipinski definition) is 4. The van der Waals surface area contributed by atoms with Crippen LogP contribution in [0.3, 0.4) is 0 Å². The molecule has 1 aliphatic heterocycles. The molecule has 1 aliphatic carbocycles. The van der Waals surface area contributed by atoms with Gasteiger partial charge in [0.15, 0.2) is 0 Å². The molecule has 2 aliphatic rings. The zero-order valence-electron chi connectivity index (χ0n) is 17.1. The molecule has 1 atom stereocenters. The Hall–Kier alpha value is -3.19. The summed E-state index contributed by atoms with van der Waals surface area (Å²) in [6.07, 6.45) is 9.91. The monoisotopic (exact) mass is 435 g/mol. The molecule has 3 aromatic rings. The lowest BCUT2D eigenvalue weighted by molar-refractivity contribution is -0.107. The second kappa shape index (κ2) is 7.81. The highest BCUT2D eigenvalue weighted by Crippen LogP contribution is 2.37. The molecule has 1 unspecified atom stereocenters. The van der Waals surface area contributed by atoms with Gasteiger partial charge in [-0.2, -0.15) is 0 Å². The van der Waals surface area contributed by atoms with Gasteiger partial charge in [0.2, 0.25) is 6.41 Å². The molecule has 0 spiro atoms. The van der Waals surface area contributed by atoms with Crippen molar-refractivity contribution in [2.24, 2.45) is 5.92 Å². The molecule has 1 fully saturated rings. The number of halogens is 1. The molecule has 158 valence electrons. The van der Waals surface area contributed by atoms with Crippen LogP contribution < -0.4 is 4.90 Å². The van der Waals surface area contributed by atoms with E-state index in [4.69, 9.17) is 11.6 Å². The normalized spacial score (nSPS) is 18.7. The summed E-state index contributed by atoms with van der Waals surface area (Å²) in [4.78, 5) is 40.0. The summed E-state index contributed by atoms with van der Waals surface area (Å²) >= 11 is 6.17. The first-order chi connectivity index (χ1) is 15.1. The van der Waals surface area contributed by atoms with Gasteiger partial charge in [0, 0.05) is 43.1 Å². The van der Waals surface area contributed by atoms with Crippen molar-refractivity contribution in [3.05, 3.63) is 59.0 Å². The number of fused-ring (bicyclic) bond motifs is 1. The van der Waals surface area contributed by atoms with E-state index >= 15 is 0 Å². The van der Waals surface area contributed by atoms with Crippen LogP contribution in [0, 0.1) is 5.92 Å². The number of carbonyl (C=O) groups excluding carboxylic acids is 2. The molecule has 1 saturated carbocycles. The lowest BCUT2D eigenvalue weighted by Crippen LogP contribution is -2.38. The van der Waals surface area contributed by atoms with Crippen LogP contribution in [0.2, 0.25) is 5.02 Å². The topological polar surface area (TPSA) is 82.2 Å². The molecule has 1 N–H and O–H groups in total. The van der Waals surface area contributed by atoms with Crippen LogP contribution in [0.25, 0.3) is 16.6 Å². The van der Waals surface area contributed by atoms with Gasteiger partial charge in [-0.1, -0.05) is 24.6 Å². The lowest BCUT2D eigenvalue weighted by Gasteiger charge is -2.32. The van der Waals surface area contributed by atoms with Gasteiger partial charge in [0.25, 0.3) is 5.91 Å². The van der Waals surface area contributed by atoms with E-state index in [9.17, 15) is 9.59 Å². The number of aromatic nitrogens is 3. The van der Waals surface area contributed by atoms with Crippen LogP contribution in [0.1, 0.15) is 35.7 Å². The van der Waals surface area contributed by atoms with Crippen molar-refractivity contribution in [1.82, 2.24) is 19.9 Å². The zero-order valence-corrected chi connectivity index (χ0v) is 17.8. The van der Waals surface area contributed by atoms with Crippen LogP contribution in [0.15, 0.2) is 42.9 Å². The van der Waals surface area contributed by atoms with Crippen LogP contribution in [0.5, 0.6) is 0 Å². The predicted molar refractivity (Wildman–Crippen MR) is 120 cm³/mol. The zero-order chi connectivity index (χ0) is 21.5. The summed E-state index contributed by atoms with van der Waals surface area (Å²) in [5.41, 5.74) is 3.43. The highest BCUT2D eigenvalue weighted by Gasteiger charge is 2.32. The van der Waals surface area contributed by atoms with Crippen molar-refractivity contribution in [2.75, 3.05) is 18.0 Å². The SMILES string of the molecule is CC1CN(C(=O)c2ccncc2Cl)CC=C1c1cc(N(C=O)C2CC2)nc2[nH]ccc12. The number of aromatic amines is 1. The highest BCUT2D eigenvalue weighted by molar-refractivity contribution is 6.33. The number of anilines is 1. The minimum absolute atomic E-state index is 0.0994. The Labute approximate surface area is 184 Å². The van der Waals surface area contributed by atoms with Crippen molar-refractivity contribution in [3.8, 4) is 0 Å². The van der Waals surface area contributed by atoms with Crippen molar-refractivity contribution >= 4 is 46.3 Å². The molecule has 5 rings (SSSR count). The minimum atomic E-state index is -0.0994. The van der Waals surface area contributed by atoms with Crippen molar-refractivity contribution in [2.45, 2.75) is 25.8 Å². The Morgan fingerprint density at radius 3 is 2.90 bits per heavy atom. The highest BCUT2D eigenvalue weighted by atomic mass is 35.5. The molecule has 2 amide bonds. The summed E-state index contributed by atoms with van der Waals surface area (Å²) in [5.74, 6) is 0.674. The molecule has 0 aromatic carbocycles. The molecule has 7 nitrogen and oxygen atoms in total. The largest absolute Gasteiger partial charge is 0.346 e. The molecule has 8 heteroatoms. The quantitative estimate of drug-likeness (QED) is 0.616. The third-order valence-corrected chi connectivity index (χ3v) is 6.29. The Bertz CT molecular complexity index is 1200. The fourth-order valence-electron chi connectivity index (χ4n) is 4.25. The first-order valence-corrected chi connectivity index (χ1v) is 10.8. The minimum Gasteiger partial charge on any atom is -0.346 e. The van der Waals surface area contributed by atoms with Crippen LogP contribution >= 0.6 is 11.6 Å². The van der Waals surface area contributed by atoms with Gasteiger partial charge in [-0.05, 0) is 48.1 Å². The maximum Gasteiger partial charge on any atom is 0.255 e. The third kappa shape index (κ3) is 3.59. The summed E-state index contributed by atoms with van der Waals surface area (Å²) < 4.78 is 0. The van der Waals surface area contributed by atoms with E-state index in [0.717, 1.165) is 41.4 Å². The maximum atomic E-state index is 13.0. The molecular formula is C23H22ClN5O2. The number of hydrogen-bond donors (Lipinski definition) is 1. The fraction of sp³-hybridized carbons (Fsp3) is 0.304. The van der Waals surface area contributed by atoms with Gasteiger partial charge in [-0.25, -0.2) is 4.98 Å². The second-order valence-corrected chi connectivity index (χ2v) is 8.55. The van der Waals surface area contributed by atoms with E-state index in [-0.39, 0.29) is 17.9 Å². The van der Waals surface area contributed by atoms with E-state index in [1.54, 1.807) is 22.1 Å². The number of pyridine rings is 2. The number of amides is 2. The van der Waals surface area contributed by atoms with Gasteiger partial charge < -0.3 is 9.88 Å². The van der Waals surface area contributed by atoms with Gasteiger partial charge in [0.05, 0.1) is 10.6 Å². The summed E-state index contributed by atoms with van der Waals surface area (Å²) in [6, 6.07) is 5.90. The molecule has 3 aromatic heterocycles. The average molecular weight is 436 g/mol. The van der Waals surface area contributed by atoms with Crippen LogP contribution in [-0.4, -0.2) is 51.3 Å². The Kier molecular flexibility index (Phi) is 4.98. The summed E-state index contributed by atoms with van der Waals surface area (Å²) in [5, 5.41) is 1.37. The molecule has 31 heavy (non-hydrogen) atoms. The number of rotatable bonds is 5. The van der Waals surface area contributed by atoms with Crippen molar-refractivity contribution in [3.63, 3.8) is 0 Å². The van der Waals surface area contributed by atoms with E-state index in [1.807, 2.05) is 18.3 Å². The Morgan fingerprint density at radius 1 is 1.35 bits per heavy atom. The second-order valence-electron chi connectivity index (χ2n) is 8.14. The first kappa shape index (κ1) is 19.8. The standard InChI is InChI=1S/C23H22ClN5O2/c1-14-12-28(23(31)18-4-7-25-11-20(18)24)9-6-16(14)19-10-21(29(13-30)15-2-3-15)27-22-17(19)5-8-26-22/h4-8,10-11,13-15H,2-3,9,12H2,1H3,(H,26,27). The maximum absolute atomic E-state index is 13.0. The summed E-state index contributed by atoms with van der Waals surface area (Å²) in [6.45, 7) is 3.17. The Morgan fingerprint density at radius 2 is 2.19 bits per heavy atom. The third-order valence-electron chi connectivity index (χ3n) is 5.99. The molecular weight excluding hydrogens is 414 g/mol. The van der Waals surface area contributed by atoms with Crippen LogP contribution in [0.4, 0.5) is 5.82 Å². The number of carbonyl (C=O) groups is 2. The molecule has 4 heterocycles. The number of nitrogens with zero attached hydrogens (tertiary/aromatic N) is 4. The van der Waals surface area contributed by atoms with Crippen molar-refractivity contribution in [1.29, 1.82) is 0 Å². The van der Waals surface area contributed by atoms with E-state index in [1.165, 1.54) is 6.20 Å². The molecule has 0 radical (unpaired) electrons. The van der Waals surface area contributed by atoms with E-state index < -0.39 is 0 Å².